The zero-order valence-electron chi connectivity index (χ0n) is 27.9. The first-order valence-corrected chi connectivity index (χ1v) is 16.8. The van der Waals surface area contributed by atoms with Gasteiger partial charge in [0, 0.05) is 36.7 Å². The molecule has 0 unspecified atom stereocenters. The molecule has 0 fully saturated rings. The van der Waals surface area contributed by atoms with E-state index in [2.05, 4.69) is 75.8 Å². The highest BCUT2D eigenvalue weighted by molar-refractivity contribution is 5.91. The van der Waals surface area contributed by atoms with Gasteiger partial charge in [-0.05, 0) is 35.6 Å². The summed E-state index contributed by atoms with van der Waals surface area (Å²) >= 11 is 0. The Morgan fingerprint density at radius 1 is 0.762 bits per heavy atom. The van der Waals surface area contributed by atoms with Gasteiger partial charge in [0.05, 0.1) is 13.2 Å². The number of anilines is 1. The van der Waals surface area contributed by atoms with E-state index in [1.165, 1.54) is 83.5 Å². The molecular formula is C37H61IN2O2. The van der Waals surface area contributed by atoms with Crippen molar-refractivity contribution >= 4 is 11.6 Å². The lowest BCUT2D eigenvalue weighted by atomic mass is 9.86. The lowest BCUT2D eigenvalue weighted by molar-refractivity contribution is -0.697. The average molecular weight is 693 g/mol. The Kier molecular flexibility index (Phi) is 20.1. The van der Waals surface area contributed by atoms with Gasteiger partial charge in [0.15, 0.2) is 12.4 Å². The molecule has 5 heteroatoms. The van der Waals surface area contributed by atoms with Gasteiger partial charge in [0.1, 0.15) is 12.3 Å². The second-order valence-corrected chi connectivity index (χ2v) is 12.9. The second-order valence-electron chi connectivity index (χ2n) is 12.9. The summed E-state index contributed by atoms with van der Waals surface area (Å²) in [6, 6.07) is 10.5. The molecule has 0 saturated heterocycles. The van der Waals surface area contributed by atoms with Crippen molar-refractivity contribution in [3.05, 3.63) is 53.9 Å². The minimum Gasteiger partial charge on any atom is -1.00 e. The monoisotopic (exact) mass is 692 g/mol. The Balaban J connectivity index is 0.00000882. The summed E-state index contributed by atoms with van der Waals surface area (Å²) < 4.78 is 8.50. The van der Waals surface area contributed by atoms with Crippen molar-refractivity contribution in [1.82, 2.24) is 0 Å². The first-order valence-electron chi connectivity index (χ1n) is 16.8. The summed E-state index contributed by atoms with van der Waals surface area (Å²) in [6.07, 6.45) is 24.3. The van der Waals surface area contributed by atoms with Crippen LogP contribution in [0.15, 0.2) is 42.7 Å². The third-order valence-corrected chi connectivity index (χ3v) is 8.00. The van der Waals surface area contributed by atoms with Gasteiger partial charge < -0.3 is 33.6 Å². The Morgan fingerprint density at radius 3 is 1.76 bits per heavy atom. The van der Waals surface area contributed by atoms with Crippen molar-refractivity contribution in [1.29, 1.82) is 0 Å². The predicted molar refractivity (Wildman–Crippen MR) is 175 cm³/mol. The highest BCUT2D eigenvalue weighted by atomic mass is 127. The fraction of sp³-hybridized carbons (Fsp3) is 0.676. The number of aromatic nitrogens is 1. The molecule has 4 nitrogen and oxygen atoms in total. The smallest absolute Gasteiger partial charge is 0.224 e. The van der Waals surface area contributed by atoms with Gasteiger partial charge in [-0.25, -0.2) is 4.57 Å². The molecule has 0 atom stereocenters. The Morgan fingerprint density at radius 2 is 1.29 bits per heavy atom. The number of unbranched alkanes of at least 4 members (excludes halogenated alkanes) is 13. The van der Waals surface area contributed by atoms with Crippen LogP contribution in [0.4, 0.5) is 5.69 Å². The number of pyridine rings is 1. The van der Waals surface area contributed by atoms with Crippen LogP contribution in [0.5, 0.6) is 5.75 Å². The Labute approximate surface area is 276 Å². The molecule has 238 valence electrons. The van der Waals surface area contributed by atoms with Gasteiger partial charge in [0.2, 0.25) is 5.91 Å². The van der Waals surface area contributed by atoms with E-state index >= 15 is 0 Å². The van der Waals surface area contributed by atoms with Gasteiger partial charge >= 0.3 is 0 Å². The number of benzene rings is 1. The maximum Gasteiger partial charge on any atom is 0.224 e. The van der Waals surface area contributed by atoms with E-state index in [1.807, 2.05) is 11.0 Å². The molecule has 2 aromatic rings. The summed E-state index contributed by atoms with van der Waals surface area (Å²) in [5, 5.41) is 0. The van der Waals surface area contributed by atoms with Crippen molar-refractivity contribution in [2.45, 2.75) is 156 Å². The molecule has 0 aliphatic heterocycles. The quantitative estimate of drug-likeness (QED) is 0.0795. The standard InChI is InChI=1S/C37H61N2O2.HI/c1-7-9-10-11-12-13-14-15-16-17-18-19-20-21-29-41-36-23-22-34(30-35(36)37(4,5)6)39(32(3)40)31-33-24-27-38(26-8-2)28-25-33;/h22-25,27-28,30H,7-21,26,29,31H2,1-6H3;1H/q+1;/p-1. The number of amides is 1. The molecule has 0 N–H and O–H groups in total. The molecule has 0 spiro atoms. The van der Waals surface area contributed by atoms with Crippen LogP contribution in [-0.2, 0) is 23.3 Å². The van der Waals surface area contributed by atoms with Crippen LogP contribution in [0, 0.1) is 0 Å². The van der Waals surface area contributed by atoms with Crippen LogP contribution in [0.2, 0.25) is 0 Å². The molecular weight excluding hydrogens is 631 g/mol. The molecule has 1 aromatic heterocycles. The molecule has 42 heavy (non-hydrogen) atoms. The first-order chi connectivity index (χ1) is 19.8. The van der Waals surface area contributed by atoms with Crippen LogP contribution < -0.4 is 38.2 Å². The van der Waals surface area contributed by atoms with Gasteiger partial charge in [-0.1, -0.05) is 118 Å². The van der Waals surface area contributed by atoms with Crippen molar-refractivity contribution in [3.63, 3.8) is 0 Å². The van der Waals surface area contributed by atoms with Gasteiger partial charge in [0.25, 0.3) is 0 Å². The first kappa shape index (κ1) is 38.4. The van der Waals surface area contributed by atoms with E-state index in [-0.39, 0.29) is 35.3 Å². The summed E-state index contributed by atoms with van der Waals surface area (Å²) in [5.41, 5.74) is 3.13. The van der Waals surface area contributed by atoms with Crippen molar-refractivity contribution in [3.8, 4) is 5.75 Å². The van der Waals surface area contributed by atoms with E-state index in [1.54, 1.807) is 6.92 Å². The second kappa shape index (κ2) is 22.0. The SMILES string of the molecule is CCCCCCCCCCCCCCCCOc1ccc(N(Cc2cc[n+](CCC)cc2)C(C)=O)cc1C(C)(C)C.[I-]. The molecule has 1 aromatic carbocycles. The van der Waals surface area contributed by atoms with E-state index in [0.717, 1.165) is 48.6 Å². The van der Waals surface area contributed by atoms with Gasteiger partial charge in [-0.3, -0.25) is 4.79 Å². The molecule has 1 amide bonds. The summed E-state index contributed by atoms with van der Waals surface area (Å²) in [7, 11) is 0. The number of halogens is 1. The highest BCUT2D eigenvalue weighted by Crippen LogP contribution is 2.35. The summed E-state index contributed by atoms with van der Waals surface area (Å²) in [6.45, 7) is 15.1. The minimum absolute atomic E-state index is 0. The molecule has 0 radical (unpaired) electrons. The van der Waals surface area contributed by atoms with Crippen LogP contribution in [0.25, 0.3) is 0 Å². The maximum absolute atomic E-state index is 12.7. The van der Waals surface area contributed by atoms with E-state index in [0.29, 0.717) is 6.54 Å². The van der Waals surface area contributed by atoms with Crippen molar-refractivity contribution < 1.29 is 38.1 Å². The number of rotatable bonds is 21. The van der Waals surface area contributed by atoms with Crippen LogP contribution in [0.3, 0.4) is 0 Å². The van der Waals surface area contributed by atoms with Crippen molar-refractivity contribution in [2.24, 2.45) is 0 Å². The Bertz CT molecular complexity index is 984. The maximum atomic E-state index is 12.7. The van der Waals surface area contributed by atoms with E-state index in [4.69, 9.17) is 4.74 Å². The zero-order chi connectivity index (χ0) is 29.9. The number of aryl methyl sites for hydroxylation is 1. The molecule has 0 bridgehead atoms. The number of nitrogens with zero attached hydrogens (tertiary/aromatic N) is 2. The lowest BCUT2D eigenvalue weighted by Crippen LogP contribution is -3.00. The molecule has 0 aliphatic carbocycles. The topological polar surface area (TPSA) is 33.4 Å². The largest absolute Gasteiger partial charge is 1.00 e. The van der Waals surface area contributed by atoms with Gasteiger partial charge in [-0.15, -0.1) is 0 Å². The summed E-state index contributed by atoms with van der Waals surface area (Å²) in [4.78, 5) is 14.5. The van der Waals surface area contributed by atoms with Crippen molar-refractivity contribution in [2.75, 3.05) is 11.5 Å². The van der Waals surface area contributed by atoms with Crippen LogP contribution in [0.1, 0.15) is 149 Å². The third kappa shape index (κ3) is 15.2. The number of hydrogen-bond acceptors (Lipinski definition) is 2. The summed E-state index contributed by atoms with van der Waals surface area (Å²) in [5.74, 6) is 0.992. The van der Waals surface area contributed by atoms with E-state index < -0.39 is 0 Å². The normalized spacial score (nSPS) is 11.3. The van der Waals surface area contributed by atoms with Crippen LogP contribution in [-0.4, -0.2) is 12.5 Å². The Hall–Kier alpha value is -1.63. The third-order valence-electron chi connectivity index (χ3n) is 8.00. The van der Waals surface area contributed by atoms with E-state index in [9.17, 15) is 4.79 Å². The molecule has 0 saturated carbocycles. The molecule has 2 rings (SSSR count). The minimum atomic E-state index is -0.0816. The number of hydrogen-bond donors (Lipinski definition) is 0. The lowest BCUT2D eigenvalue weighted by Gasteiger charge is -2.27. The fourth-order valence-electron chi connectivity index (χ4n) is 5.44. The average Bonchev–Trinajstić information content (AvgIpc) is 2.94. The fourth-order valence-corrected chi connectivity index (χ4v) is 5.44. The molecule has 0 aliphatic rings. The number of carbonyl (C=O) groups is 1. The van der Waals surface area contributed by atoms with Crippen LogP contribution >= 0.6 is 0 Å². The number of carbonyl (C=O) groups excluding carboxylic acids is 1. The zero-order valence-corrected chi connectivity index (χ0v) is 30.0. The molecule has 1 heterocycles. The number of ether oxygens (including phenoxy) is 1. The predicted octanol–water partition coefficient (Wildman–Crippen LogP) is 7.10. The highest BCUT2D eigenvalue weighted by Gasteiger charge is 2.22. The van der Waals surface area contributed by atoms with Gasteiger partial charge in [-0.2, -0.15) is 0 Å².